The van der Waals surface area contributed by atoms with Crippen LogP contribution in [0.2, 0.25) is 0 Å². The third-order valence-corrected chi connectivity index (χ3v) is 2.85. The summed E-state index contributed by atoms with van der Waals surface area (Å²) in [7, 11) is 0. The first-order chi connectivity index (χ1) is 9.22. The lowest BCUT2D eigenvalue weighted by molar-refractivity contribution is -0.137. The molecule has 5 heteroatoms. The van der Waals surface area contributed by atoms with Gasteiger partial charge in [-0.25, -0.2) is 4.98 Å². The summed E-state index contributed by atoms with van der Waals surface area (Å²) in [5, 5.41) is 9.00. The molecule has 5 nitrogen and oxygen atoms in total. The Morgan fingerprint density at radius 2 is 2.16 bits per heavy atom. The van der Waals surface area contributed by atoms with Gasteiger partial charge in [0.25, 0.3) is 0 Å². The van der Waals surface area contributed by atoms with E-state index >= 15 is 0 Å². The molecule has 19 heavy (non-hydrogen) atoms. The van der Waals surface area contributed by atoms with Gasteiger partial charge in [-0.15, -0.1) is 0 Å². The van der Waals surface area contributed by atoms with E-state index in [9.17, 15) is 4.79 Å². The lowest BCUT2D eigenvalue weighted by Gasteiger charge is -2.06. The molecule has 1 aromatic carbocycles. The van der Waals surface area contributed by atoms with Crippen molar-refractivity contribution in [3.05, 3.63) is 30.1 Å². The third kappa shape index (κ3) is 3.32. The summed E-state index contributed by atoms with van der Waals surface area (Å²) in [5.41, 5.74) is 1.68. The molecule has 102 valence electrons. The molecule has 0 saturated carbocycles. The fourth-order valence-electron chi connectivity index (χ4n) is 2.04. The van der Waals surface area contributed by atoms with Gasteiger partial charge in [0.15, 0.2) is 0 Å². The Hall–Kier alpha value is -1.88. The lowest BCUT2D eigenvalue weighted by Crippen LogP contribution is -2.13. The maximum Gasteiger partial charge on any atom is 0.323 e. The summed E-state index contributed by atoms with van der Waals surface area (Å²) < 4.78 is 7.18. The highest BCUT2D eigenvalue weighted by Crippen LogP contribution is 2.16. The fourth-order valence-corrected chi connectivity index (χ4v) is 2.04. The van der Waals surface area contributed by atoms with Crippen LogP contribution in [0.15, 0.2) is 24.3 Å². The van der Waals surface area contributed by atoms with E-state index in [1.807, 2.05) is 24.3 Å². The molecule has 0 fully saturated rings. The van der Waals surface area contributed by atoms with Crippen molar-refractivity contribution in [2.45, 2.75) is 26.3 Å². The lowest BCUT2D eigenvalue weighted by atomic mass is 10.3. The van der Waals surface area contributed by atoms with E-state index in [1.165, 1.54) is 0 Å². The molecule has 1 heterocycles. The average molecular weight is 262 g/mol. The number of para-hydroxylation sites is 2. The highest BCUT2D eigenvalue weighted by molar-refractivity contribution is 5.78. The van der Waals surface area contributed by atoms with E-state index in [-0.39, 0.29) is 6.54 Å². The number of aromatic nitrogens is 2. The van der Waals surface area contributed by atoms with E-state index in [1.54, 1.807) is 4.57 Å². The normalized spacial score (nSPS) is 11.0. The molecule has 0 aliphatic heterocycles. The number of carbonyl (C=O) groups is 1. The molecule has 1 aromatic heterocycles. The molecule has 1 N–H and O–H groups in total. The van der Waals surface area contributed by atoms with Crippen LogP contribution in [0, 0.1) is 0 Å². The Kier molecular flexibility index (Phi) is 4.52. The Morgan fingerprint density at radius 1 is 1.37 bits per heavy atom. The number of rotatable bonds is 7. The van der Waals surface area contributed by atoms with E-state index in [4.69, 9.17) is 9.84 Å². The molecule has 0 radical (unpaired) electrons. The van der Waals surface area contributed by atoms with Crippen molar-refractivity contribution in [3.63, 3.8) is 0 Å². The minimum atomic E-state index is -0.862. The molecule has 0 amide bonds. The first kappa shape index (κ1) is 13.5. The molecular weight excluding hydrogens is 244 g/mol. The van der Waals surface area contributed by atoms with Gasteiger partial charge in [-0.1, -0.05) is 19.1 Å². The van der Waals surface area contributed by atoms with Gasteiger partial charge in [0.2, 0.25) is 0 Å². The van der Waals surface area contributed by atoms with Crippen molar-refractivity contribution >= 4 is 17.0 Å². The van der Waals surface area contributed by atoms with Crippen LogP contribution in [0.5, 0.6) is 0 Å². The summed E-state index contributed by atoms with van der Waals surface area (Å²) in [4.78, 5) is 15.4. The van der Waals surface area contributed by atoms with Crippen molar-refractivity contribution in [2.75, 3.05) is 13.2 Å². The van der Waals surface area contributed by atoms with Crippen LogP contribution in [-0.4, -0.2) is 33.8 Å². The molecule has 0 saturated heterocycles. The second-order valence-corrected chi connectivity index (χ2v) is 4.36. The summed E-state index contributed by atoms with van der Waals surface area (Å²) in [5.74, 6) is -0.0985. The van der Waals surface area contributed by atoms with Gasteiger partial charge < -0.3 is 14.4 Å². The van der Waals surface area contributed by atoms with Gasteiger partial charge in [-0.2, -0.15) is 0 Å². The molecular formula is C14H18N2O3. The molecule has 0 bridgehead atoms. The molecule has 0 spiro atoms. The third-order valence-electron chi connectivity index (χ3n) is 2.85. The second kappa shape index (κ2) is 6.33. The Labute approximate surface area is 111 Å². The van der Waals surface area contributed by atoms with Crippen molar-refractivity contribution in [1.29, 1.82) is 0 Å². The molecule has 0 unspecified atom stereocenters. The standard InChI is InChI=1S/C14H18N2O3/c1-2-8-19-9-7-13-15-11-5-3-4-6-12(11)16(13)10-14(17)18/h3-6H,2,7-10H2,1H3,(H,17,18). The number of nitrogens with zero attached hydrogens (tertiary/aromatic N) is 2. The minimum absolute atomic E-state index is 0.0658. The fraction of sp³-hybridized carbons (Fsp3) is 0.429. The van der Waals surface area contributed by atoms with Gasteiger partial charge >= 0.3 is 5.97 Å². The van der Waals surface area contributed by atoms with E-state index in [2.05, 4.69) is 11.9 Å². The Morgan fingerprint density at radius 3 is 2.89 bits per heavy atom. The second-order valence-electron chi connectivity index (χ2n) is 4.36. The van der Waals surface area contributed by atoms with E-state index in [0.717, 1.165) is 29.9 Å². The molecule has 2 rings (SSSR count). The minimum Gasteiger partial charge on any atom is -0.480 e. The number of hydrogen-bond acceptors (Lipinski definition) is 3. The van der Waals surface area contributed by atoms with Gasteiger partial charge in [-0.3, -0.25) is 4.79 Å². The van der Waals surface area contributed by atoms with Gasteiger partial charge in [0.1, 0.15) is 12.4 Å². The van der Waals surface area contributed by atoms with Crippen LogP contribution in [0.25, 0.3) is 11.0 Å². The number of carboxylic acids is 1. The molecule has 2 aromatic rings. The van der Waals surface area contributed by atoms with E-state index in [0.29, 0.717) is 13.0 Å². The van der Waals surface area contributed by atoms with Crippen molar-refractivity contribution < 1.29 is 14.6 Å². The van der Waals surface area contributed by atoms with Gasteiger partial charge in [0.05, 0.1) is 17.6 Å². The van der Waals surface area contributed by atoms with Crippen LogP contribution in [-0.2, 0) is 22.5 Å². The van der Waals surface area contributed by atoms with Crippen LogP contribution < -0.4 is 0 Å². The predicted molar refractivity (Wildman–Crippen MR) is 72.2 cm³/mol. The zero-order valence-corrected chi connectivity index (χ0v) is 11.0. The Balaban J connectivity index is 2.22. The highest BCUT2D eigenvalue weighted by atomic mass is 16.5. The molecule has 0 aliphatic carbocycles. The van der Waals surface area contributed by atoms with Crippen LogP contribution in [0.4, 0.5) is 0 Å². The Bertz CT molecular complexity index is 563. The van der Waals surface area contributed by atoms with Crippen LogP contribution >= 0.6 is 0 Å². The first-order valence-corrected chi connectivity index (χ1v) is 6.46. The predicted octanol–water partition coefficient (Wildman–Crippen LogP) is 2.09. The van der Waals surface area contributed by atoms with Crippen molar-refractivity contribution in [2.24, 2.45) is 0 Å². The number of carboxylic acid groups (broad SMARTS) is 1. The maximum atomic E-state index is 11.0. The highest BCUT2D eigenvalue weighted by Gasteiger charge is 2.12. The average Bonchev–Trinajstić information content (AvgIpc) is 2.73. The SMILES string of the molecule is CCCOCCc1nc2ccccc2n1CC(=O)O. The summed E-state index contributed by atoms with van der Waals surface area (Å²) in [6.07, 6.45) is 1.60. The van der Waals surface area contributed by atoms with Crippen LogP contribution in [0.3, 0.4) is 0 Å². The molecule has 0 aliphatic rings. The summed E-state index contributed by atoms with van der Waals surface area (Å²) in [6.45, 7) is 3.28. The number of ether oxygens (including phenoxy) is 1. The number of benzene rings is 1. The summed E-state index contributed by atoms with van der Waals surface area (Å²) >= 11 is 0. The largest absolute Gasteiger partial charge is 0.480 e. The molecule has 0 atom stereocenters. The number of aliphatic carboxylic acids is 1. The maximum absolute atomic E-state index is 11.0. The smallest absolute Gasteiger partial charge is 0.323 e. The van der Waals surface area contributed by atoms with Crippen molar-refractivity contribution in [1.82, 2.24) is 9.55 Å². The monoisotopic (exact) mass is 262 g/mol. The van der Waals surface area contributed by atoms with Gasteiger partial charge in [-0.05, 0) is 18.6 Å². The summed E-state index contributed by atoms with van der Waals surface area (Å²) in [6, 6.07) is 7.57. The quantitative estimate of drug-likeness (QED) is 0.776. The number of fused-ring (bicyclic) bond motifs is 1. The van der Waals surface area contributed by atoms with E-state index < -0.39 is 5.97 Å². The number of hydrogen-bond donors (Lipinski definition) is 1. The zero-order chi connectivity index (χ0) is 13.7. The van der Waals surface area contributed by atoms with Crippen molar-refractivity contribution in [3.8, 4) is 0 Å². The first-order valence-electron chi connectivity index (χ1n) is 6.46. The van der Waals surface area contributed by atoms with Gasteiger partial charge in [0, 0.05) is 13.0 Å². The number of imidazole rings is 1. The zero-order valence-electron chi connectivity index (χ0n) is 11.0. The van der Waals surface area contributed by atoms with Crippen LogP contribution in [0.1, 0.15) is 19.2 Å². The topological polar surface area (TPSA) is 64.4 Å².